The lowest BCUT2D eigenvalue weighted by atomic mass is 10.3. The standard InChI is InChI=1S/C12H10Cl2N2O2/c1-2-18-12(17)10-5-6-16(15-10)11-7-8(13)3-4-9(11)14/h3-7H,2H2,1H3. The SMILES string of the molecule is CCOC(=O)c1ccn(-c2cc(Cl)ccc2Cl)n1. The maximum atomic E-state index is 11.5. The molecule has 0 aliphatic carbocycles. The van der Waals surface area contributed by atoms with E-state index in [1.165, 1.54) is 4.68 Å². The molecule has 2 aromatic rings. The van der Waals surface area contributed by atoms with Crippen LogP contribution < -0.4 is 0 Å². The molecule has 2 rings (SSSR count). The fourth-order valence-electron chi connectivity index (χ4n) is 1.43. The van der Waals surface area contributed by atoms with E-state index in [9.17, 15) is 4.79 Å². The molecule has 1 aromatic heterocycles. The number of ether oxygens (including phenoxy) is 1. The molecule has 6 heteroatoms. The second-order valence-electron chi connectivity index (χ2n) is 3.46. The van der Waals surface area contributed by atoms with Gasteiger partial charge in [0.1, 0.15) is 0 Å². The van der Waals surface area contributed by atoms with Crippen LogP contribution in [0.2, 0.25) is 10.0 Å². The van der Waals surface area contributed by atoms with E-state index in [4.69, 9.17) is 27.9 Å². The van der Waals surface area contributed by atoms with Gasteiger partial charge in [0.2, 0.25) is 0 Å². The molecule has 18 heavy (non-hydrogen) atoms. The molecule has 94 valence electrons. The number of carbonyl (C=O) groups excluding carboxylic acids is 1. The van der Waals surface area contributed by atoms with Crippen molar-refractivity contribution in [3.8, 4) is 5.69 Å². The fourth-order valence-corrected chi connectivity index (χ4v) is 1.80. The van der Waals surface area contributed by atoms with Crippen molar-refractivity contribution < 1.29 is 9.53 Å². The summed E-state index contributed by atoms with van der Waals surface area (Å²) in [7, 11) is 0. The quantitative estimate of drug-likeness (QED) is 0.812. The van der Waals surface area contributed by atoms with Crippen LogP contribution in [0.1, 0.15) is 17.4 Å². The molecule has 0 unspecified atom stereocenters. The zero-order valence-corrected chi connectivity index (χ0v) is 11.1. The summed E-state index contributed by atoms with van der Waals surface area (Å²) in [6, 6.07) is 6.59. The van der Waals surface area contributed by atoms with Gasteiger partial charge in [0.05, 0.1) is 17.3 Å². The molecule has 0 saturated heterocycles. The molecule has 4 nitrogen and oxygen atoms in total. The summed E-state index contributed by atoms with van der Waals surface area (Å²) in [6.07, 6.45) is 1.63. The summed E-state index contributed by atoms with van der Waals surface area (Å²) in [5.41, 5.74) is 0.840. The van der Waals surface area contributed by atoms with Crippen LogP contribution in [-0.2, 0) is 4.74 Å². The first-order valence-corrected chi connectivity index (χ1v) is 6.05. The molecule has 0 spiro atoms. The van der Waals surface area contributed by atoms with E-state index in [0.29, 0.717) is 22.3 Å². The Balaban J connectivity index is 2.35. The van der Waals surface area contributed by atoms with E-state index in [1.54, 1.807) is 37.4 Å². The minimum atomic E-state index is -0.464. The molecule has 0 aliphatic heterocycles. The average Bonchev–Trinajstić information content (AvgIpc) is 2.82. The lowest BCUT2D eigenvalue weighted by Gasteiger charge is -2.04. The van der Waals surface area contributed by atoms with Crippen molar-refractivity contribution in [3.05, 3.63) is 46.2 Å². The summed E-state index contributed by atoms with van der Waals surface area (Å²) in [5, 5.41) is 5.14. The first-order valence-electron chi connectivity index (χ1n) is 5.30. The zero-order chi connectivity index (χ0) is 13.1. The summed E-state index contributed by atoms with van der Waals surface area (Å²) in [6.45, 7) is 2.05. The summed E-state index contributed by atoms with van der Waals surface area (Å²) >= 11 is 11.9. The monoisotopic (exact) mass is 284 g/mol. The Morgan fingerprint density at radius 1 is 1.39 bits per heavy atom. The Morgan fingerprint density at radius 2 is 2.17 bits per heavy atom. The highest BCUT2D eigenvalue weighted by atomic mass is 35.5. The number of nitrogens with zero attached hydrogens (tertiary/aromatic N) is 2. The number of halogens is 2. The van der Waals surface area contributed by atoms with Crippen molar-refractivity contribution in [1.82, 2.24) is 9.78 Å². The molecule has 0 amide bonds. The number of hydrogen-bond acceptors (Lipinski definition) is 3. The molecule has 0 atom stereocenters. The number of carbonyl (C=O) groups is 1. The molecular weight excluding hydrogens is 275 g/mol. The van der Waals surface area contributed by atoms with Gasteiger partial charge in [0, 0.05) is 11.2 Å². The van der Waals surface area contributed by atoms with Gasteiger partial charge in [-0.15, -0.1) is 0 Å². The fraction of sp³-hybridized carbons (Fsp3) is 0.167. The second kappa shape index (κ2) is 5.42. The van der Waals surface area contributed by atoms with Gasteiger partial charge < -0.3 is 4.74 Å². The number of hydrogen-bond donors (Lipinski definition) is 0. The van der Waals surface area contributed by atoms with Crippen molar-refractivity contribution in [2.24, 2.45) is 0 Å². The number of rotatable bonds is 3. The Labute approximate surface area is 114 Å². The van der Waals surface area contributed by atoms with Crippen molar-refractivity contribution >= 4 is 29.2 Å². The molecule has 0 bridgehead atoms. The van der Waals surface area contributed by atoms with Crippen LogP contribution in [0, 0.1) is 0 Å². The molecule has 0 radical (unpaired) electrons. The summed E-state index contributed by atoms with van der Waals surface area (Å²) < 4.78 is 6.34. The van der Waals surface area contributed by atoms with Crippen molar-refractivity contribution in [1.29, 1.82) is 0 Å². The first-order chi connectivity index (χ1) is 8.61. The average molecular weight is 285 g/mol. The summed E-state index contributed by atoms with van der Waals surface area (Å²) in [4.78, 5) is 11.5. The molecule has 0 saturated carbocycles. The molecule has 1 heterocycles. The van der Waals surface area contributed by atoms with Crippen LogP contribution in [0.3, 0.4) is 0 Å². The van der Waals surface area contributed by atoms with Gasteiger partial charge >= 0.3 is 5.97 Å². The number of benzene rings is 1. The van der Waals surface area contributed by atoms with Crippen molar-refractivity contribution in [2.75, 3.05) is 6.61 Å². The van der Waals surface area contributed by atoms with E-state index in [1.807, 2.05) is 0 Å². The Hall–Kier alpha value is -1.52. The third-order valence-electron chi connectivity index (χ3n) is 2.23. The predicted molar refractivity (Wildman–Crippen MR) is 69.5 cm³/mol. The maximum Gasteiger partial charge on any atom is 0.358 e. The van der Waals surface area contributed by atoms with Crippen LogP contribution in [0.25, 0.3) is 5.69 Å². The van der Waals surface area contributed by atoms with Crippen LogP contribution in [0.4, 0.5) is 0 Å². The van der Waals surface area contributed by atoms with Gasteiger partial charge in [0.15, 0.2) is 5.69 Å². The number of aromatic nitrogens is 2. The van der Waals surface area contributed by atoms with E-state index in [-0.39, 0.29) is 5.69 Å². The largest absolute Gasteiger partial charge is 0.461 e. The number of esters is 1. The van der Waals surface area contributed by atoms with E-state index in [0.717, 1.165) is 0 Å². The summed E-state index contributed by atoms with van der Waals surface area (Å²) in [5.74, 6) is -0.464. The van der Waals surface area contributed by atoms with Crippen LogP contribution in [0.5, 0.6) is 0 Å². The smallest absolute Gasteiger partial charge is 0.358 e. The van der Waals surface area contributed by atoms with E-state index in [2.05, 4.69) is 5.10 Å². The van der Waals surface area contributed by atoms with Gasteiger partial charge in [-0.05, 0) is 31.2 Å². The normalized spacial score (nSPS) is 10.4. The Morgan fingerprint density at radius 3 is 2.89 bits per heavy atom. The molecule has 0 aliphatic rings. The van der Waals surface area contributed by atoms with Crippen LogP contribution >= 0.6 is 23.2 Å². The molecule has 0 fully saturated rings. The first kappa shape index (κ1) is 12.9. The Bertz CT molecular complexity index is 581. The van der Waals surface area contributed by atoms with Gasteiger partial charge in [-0.3, -0.25) is 0 Å². The molecule has 0 N–H and O–H groups in total. The lowest BCUT2D eigenvalue weighted by molar-refractivity contribution is 0.0519. The van der Waals surface area contributed by atoms with E-state index < -0.39 is 5.97 Å². The Kier molecular flexibility index (Phi) is 3.89. The highest BCUT2D eigenvalue weighted by Gasteiger charge is 2.12. The van der Waals surface area contributed by atoms with Crippen LogP contribution in [-0.4, -0.2) is 22.4 Å². The van der Waals surface area contributed by atoms with Gasteiger partial charge in [0.25, 0.3) is 0 Å². The highest BCUT2D eigenvalue weighted by molar-refractivity contribution is 6.34. The minimum Gasteiger partial charge on any atom is -0.461 e. The third-order valence-corrected chi connectivity index (χ3v) is 2.78. The molecular formula is C12H10Cl2N2O2. The zero-order valence-electron chi connectivity index (χ0n) is 9.56. The topological polar surface area (TPSA) is 44.1 Å². The van der Waals surface area contributed by atoms with Gasteiger partial charge in [-0.2, -0.15) is 5.10 Å². The minimum absolute atomic E-state index is 0.230. The van der Waals surface area contributed by atoms with Gasteiger partial charge in [-0.25, -0.2) is 9.48 Å². The van der Waals surface area contributed by atoms with Crippen molar-refractivity contribution in [2.45, 2.75) is 6.92 Å². The van der Waals surface area contributed by atoms with Gasteiger partial charge in [-0.1, -0.05) is 23.2 Å². The third kappa shape index (κ3) is 2.66. The highest BCUT2D eigenvalue weighted by Crippen LogP contribution is 2.23. The van der Waals surface area contributed by atoms with E-state index >= 15 is 0 Å². The van der Waals surface area contributed by atoms with Crippen molar-refractivity contribution in [3.63, 3.8) is 0 Å². The molecule has 1 aromatic carbocycles. The maximum absolute atomic E-state index is 11.5. The lowest BCUT2D eigenvalue weighted by Crippen LogP contribution is -2.06. The predicted octanol–water partition coefficient (Wildman–Crippen LogP) is 3.36. The van der Waals surface area contributed by atoms with Crippen LogP contribution in [0.15, 0.2) is 30.5 Å². The second-order valence-corrected chi connectivity index (χ2v) is 4.31.